The molecule has 0 aliphatic rings. The van der Waals surface area contributed by atoms with Gasteiger partial charge in [0.25, 0.3) is 0 Å². The maximum atomic E-state index is 10.9. The molecule has 16 heavy (non-hydrogen) atoms. The lowest BCUT2D eigenvalue weighted by Gasteiger charge is -2.09. The van der Waals surface area contributed by atoms with E-state index in [4.69, 9.17) is 9.47 Å². The van der Waals surface area contributed by atoms with E-state index in [1.54, 1.807) is 13.0 Å². The molecule has 0 amide bonds. The van der Waals surface area contributed by atoms with Gasteiger partial charge in [-0.1, -0.05) is 0 Å². The van der Waals surface area contributed by atoms with E-state index in [1.807, 2.05) is 0 Å². The molecule has 0 unspecified atom stereocenters. The lowest BCUT2D eigenvalue weighted by atomic mass is 10.1. The summed E-state index contributed by atoms with van der Waals surface area (Å²) in [5.74, 6) is 0.626. The number of rotatable bonds is 3. The second-order valence-corrected chi connectivity index (χ2v) is 3.03. The number of carbonyl (C=O) groups is 2. The number of aryl methyl sites for hydroxylation is 1. The fourth-order valence-electron chi connectivity index (χ4n) is 1.25. The van der Waals surface area contributed by atoms with Gasteiger partial charge in [0, 0.05) is 6.07 Å². The first-order valence-corrected chi connectivity index (χ1v) is 4.52. The fraction of sp³-hybridized carbons (Fsp3) is 0.273. The highest BCUT2D eigenvalue weighted by Crippen LogP contribution is 2.27. The molecule has 1 aromatic rings. The van der Waals surface area contributed by atoms with E-state index in [0.29, 0.717) is 23.2 Å². The van der Waals surface area contributed by atoms with Gasteiger partial charge in [-0.15, -0.1) is 0 Å². The molecule has 0 saturated carbocycles. The average molecular weight is 224 g/mol. The van der Waals surface area contributed by atoms with Gasteiger partial charge in [0.1, 0.15) is 11.5 Å². The lowest BCUT2D eigenvalue weighted by molar-refractivity contribution is 0.112. The van der Waals surface area contributed by atoms with Crippen LogP contribution in [-0.2, 0) is 4.74 Å². The molecule has 0 bridgehead atoms. The number of ether oxygens (including phenoxy) is 3. The Morgan fingerprint density at radius 3 is 2.50 bits per heavy atom. The summed E-state index contributed by atoms with van der Waals surface area (Å²) in [6.45, 7) is 1.72. The number of hydrogen-bond donors (Lipinski definition) is 0. The SMILES string of the molecule is COC(=O)Oc1cc(C)c(C=O)c(OC)c1. The second kappa shape index (κ2) is 5.16. The van der Waals surface area contributed by atoms with Crippen molar-refractivity contribution >= 4 is 12.4 Å². The molecule has 5 nitrogen and oxygen atoms in total. The first-order valence-electron chi connectivity index (χ1n) is 4.52. The summed E-state index contributed by atoms with van der Waals surface area (Å²) in [5, 5.41) is 0. The zero-order chi connectivity index (χ0) is 12.1. The van der Waals surface area contributed by atoms with E-state index in [9.17, 15) is 9.59 Å². The van der Waals surface area contributed by atoms with Crippen molar-refractivity contribution in [1.29, 1.82) is 0 Å². The minimum atomic E-state index is -0.819. The minimum Gasteiger partial charge on any atom is -0.496 e. The normalized spacial score (nSPS) is 9.44. The van der Waals surface area contributed by atoms with Gasteiger partial charge < -0.3 is 14.2 Å². The summed E-state index contributed by atoms with van der Waals surface area (Å²) in [6, 6.07) is 3.01. The molecule has 0 saturated heterocycles. The van der Waals surface area contributed by atoms with Gasteiger partial charge in [0.05, 0.1) is 19.8 Å². The standard InChI is InChI=1S/C11H12O5/c1-7-4-8(16-11(13)15-3)5-10(14-2)9(7)6-12/h4-6H,1-3H3. The van der Waals surface area contributed by atoms with Crippen molar-refractivity contribution < 1.29 is 23.8 Å². The summed E-state index contributed by atoms with van der Waals surface area (Å²) < 4.78 is 14.2. The van der Waals surface area contributed by atoms with Crippen LogP contribution in [0.25, 0.3) is 0 Å². The van der Waals surface area contributed by atoms with Gasteiger partial charge in [-0.2, -0.15) is 0 Å². The molecule has 0 spiro atoms. The average Bonchev–Trinajstić information content (AvgIpc) is 2.28. The third kappa shape index (κ3) is 2.50. The zero-order valence-electron chi connectivity index (χ0n) is 9.27. The van der Waals surface area contributed by atoms with Crippen LogP contribution in [0.4, 0.5) is 4.79 Å². The third-order valence-electron chi connectivity index (χ3n) is 2.03. The van der Waals surface area contributed by atoms with Crippen LogP contribution in [0.1, 0.15) is 15.9 Å². The summed E-state index contributed by atoms with van der Waals surface area (Å²) in [4.78, 5) is 21.7. The summed E-state index contributed by atoms with van der Waals surface area (Å²) >= 11 is 0. The van der Waals surface area contributed by atoms with Crippen molar-refractivity contribution in [3.05, 3.63) is 23.3 Å². The van der Waals surface area contributed by atoms with Crippen molar-refractivity contribution in [3.8, 4) is 11.5 Å². The molecule has 0 aliphatic carbocycles. The Morgan fingerprint density at radius 2 is 2.00 bits per heavy atom. The molecule has 5 heteroatoms. The Morgan fingerprint density at radius 1 is 1.31 bits per heavy atom. The van der Waals surface area contributed by atoms with Crippen LogP contribution in [0.3, 0.4) is 0 Å². The van der Waals surface area contributed by atoms with Crippen molar-refractivity contribution in [1.82, 2.24) is 0 Å². The van der Waals surface area contributed by atoms with E-state index >= 15 is 0 Å². The molecule has 86 valence electrons. The zero-order valence-corrected chi connectivity index (χ0v) is 9.27. The predicted molar refractivity (Wildman–Crippen MR) is 56.2 cm³/mol. The Bertz CT molecular complexity index is 411. The van der Waals surface area contributed by atoms with Crippen LogP contribution in [0, 0.1) is 6.92 Å². The molecule has 0 aliphatic heterocycles. The Balaban J connectivity index is 3.10. The van der Waals surface area contributed by atoms with Gasteiger partial charge in [0.2, 0.25) is 0 Å². The smallest absolute Gasteiger partial charge is 0.496 e. The monoisotopic (exact) mass is 224 g/mol. The van der Waals surface area contributed by atoms with Crippen LogP contribution in [-0.4, -0.2) is 26.7 Å². The third-order valence-corrected chi connectivity index (χ3v) is 2.03. The largest absolute Gasteiger partial charge is 0.513 e. The first-order chi connectivity index (χ1) is 7.62. The molecular weight excluding hydrogens is 212 g/mol. The number of carbonyl (C=O) groups excluding carboxylic acids is 2. The van der Waals surface area contributed by atoms with E-state index < -0.39 is 6.16 Å². The van der Waals surface area contributed by atoms with Gasteiger partial charge in [-0.25, -0.2) is 4.79 Å². The predicted octanol–water partition coefficient (Wildman–Crippen LogP) is 1.96. The number of aldehydes is 1. The molecule has 0 fully saturated rings. The molecule has 0 aromatic heterocycles. The van der Waals surface area contributed by atoms with Crippen LogP contribution >= 0.6 is 0 Å². The lowest BCUT2D eigenvalue weighted by Crippen LogP contribution is -2.08. The van der Waals surface area contributed by atoms with E-state index in [1.165, 1.54) is 20.3 Å². The van der Waals surface area contributed by atoms with Crippen LogP contribution in [0.15, 0.2) is 12.1 Å². The van der Waals surface area contributed by atoms with E-state index in [0.717, 1.165) is 0 Å². The number of hydrogen-bond acceptors (Lipinski definition) is 5. The second-order valence-electron chi connectivity index (χ2n) is 3.03. The van der Waals surface area contributed by atoms with Crippen LogP contribution < -0.4 is 9.47 Å². The van der Waals surface area contributed by atoms with Gasteiger partial charge in [0.15, 0.2) is 6.29 Å². The maximum absolute atomic E-state index is 10.9. The van der Waals surface area contributed by atoms with Crippen molar-refractivity contribution in [3.63, 3.8) is 0 Å². The van der Waals surface area contributed by atoms with Crippen LogP contribution in [0.2, 0.25) is 0 Å². The quantitative estimate of drug-likeness (QED) is 0.446. The van der Waals surface area contributed by atoms with Crippen LogP contribution in [0.5, 0.6) is 11.5 Å². The maximum Gasteiger partial charge on any atom is 0.513 e. The number of methoxy groups -OCH3 is 2. The van der Waals surface area contributed by atoms with Gasteiger partial charge >= 0.3 is 6.16 Å². The van der Waals surface area contributed by atoms with Crippen molar-refractivity contribution in [2.45, 2.75) is 6.92 Å². The molecule has 0 atom stereocenters. The topological polar surface area (TPSA) is 61.8 Å². The summed E-state index contributed by atoms with van der Waals surface area (Å²) in [6.07, 6.45) is -0.129. The summed E-state index contributed by atoms with van der Waals surface area (Å²) in [7, 11) is 2.65. The summed E-state index contributed by atoms with van der Waals surface area (Å²) in [5.41, 5.74) is 1.09. The highest BCUT2D eigenvalue weighted by Gasteiger charge is 2.11. The molecule has 0 radical (unpaired) electrons. The molecule has 1 rings (SSSR count). The van der Waals surface area contributed by atoms with E-state index in [-0.39, 0.29) is 5.75 Å². The molecule has 0 heterocycles. The Kier molecular flexibility index (Phi) is 3.88. The Labute approximate surface area is 92.9 Å². The molecular formula is C11H12O5. The van der Waals surface area contributed by atoms with Gasteiger partial charge in [-0.05, 0) is 18.6 Å². The highest BCUT2D eigenvalue weighted by molar-refractivity contribution is 5.82. The van der Waals surface area contributed by atoms with Gasteiger partial charge in [-0.3, -0.25) is 4.79 Å². The number of benzene rings is 1. The van der Waals surface area contributed by atoms with E-state index in [2.05, 4.69) is 4.74 Å². The molecule has 0 N–H and O–H groups in total. The minimum absolute atomic E-state index is 0.270. The highest BCUT2D eigenvalue weighted by atomic mass is 16.7. The van der Waals surface area contributed by atoms with Crippen molar-refractivity contribution in [2.75, 3.05) is 14.2 Å². The Hall–Kier alpha value is -2.04. The molecule has 1 aromatic carbocycles. The first kappa shape index (κ1) is 12.0. The van der Waals surface area contributed by atoms with Crippen molar-refractivity contribution in [2.24, 2.45) is 0 Å². The fourth-order valence-corrected chi connectivity index (χ4v) is 1.25.